The van der Waals surface area contributed by atoms with Crippen molar-refractivity contribution in [2.45, 2.75) is 57.0 Å². The topological polar surface area (TPSA) is 87.0 Å². The third-order valence-electron chi connectivity index (χ3n) is 7.43. The van der Waals surface area contributed by atoms with Crippen LogP contribution >= 0.6 is 0 Å². The number of amides is 3. The third-order valence-corrected chi connectivity index (χ3v) is 7.43. The Morgan fingerprint density at radius 2 is 1.81 bits per heavy atom. The lowest BCUT2D eigenvalue weighted by molar-refractivity contribution is -0.148. The molecule has 0 aromatic heterocycles. The van der Waals surface area contributed by atoms with E-state index in [0.717, 1.165) is 31.5 Å². The molecule has 4 rings (SSSR count). The summed E-state index contributed by atoms with van der Waals surface area (Å²) in [5.74, 6) is -0.846. The first-order chi connectivity index (χ1) is 15.4. The number of likely N-dealkylation sites (tertiary alicyclic amines) is 3. The molecule has 0 radical (unpaired) electrons. The first-order valence-electron chi connectivity index (χ1n) is 11.7. The number of halogens is 1. The van der Waals surface area contributed by atoms with Crippen molar-refractivity contribution in [3.63, 3.8) is 0 Å². The van der Waals surface area contributed by atoms with Crippen LogP contribution < -0.4 is 5.73 Å². The molecule has 0 saturated carbocycles. The van der Waals surface area contributed by atoms with Gasteiger partial charge >= 0.3 is 0 Å². The van der Waals surface area contributed by atoms with E-state index in [-0.39, 0.29) is 29.5 Å². The number of rotatable bonds is 5. The molecule has 174 valence electrons. The van der Waals surface area contributed by atoms with Gasteiger partial charge in [0.25, 0.3) is 0 Å². The molecule has 3 fully saturated rings. The number of hydrogen-bond acceptors (Lipinski definition) is 4. The van der Waals surface area contributed by atoms with E-state index in [0.29, 0.717) is 51.9 Å². The molecular formula is C24H33FN4O3. The Morgan fingerprint density at radius 1 is 1.09 bits per heavy atom. The van der Waals surface area contributed by atoms with Crippen molar-refractivity contribution in [1.82, 2.24) is 14.7 Å². The van der Waals surface area contributed by atoms with Gasteiger partial charge < -0.3 is 15.5 Å². The van der Waals surface area contributed by atoms with E-state index in [1.807, 2.05) is 4.90 Å². The normalized spacial score (nSPS) is 24.4. The summed E-state index contributed by atoms with van der Waals surface area (Å²) in [5.41, 5.74) is 5.93. The summed E-state index contributed by atoms with van der Waals surface area (Å²) >= 11 is 0. The predicted octanol–water partition coefficient (Wildman–Crippen LogP) is 1.90. The van der Waals surface area contributed by atoms with Crippen molar-refractivity contribution >= 4 is 17.7 Å². The molecule has 0 aliphatic carbocycles. The molecule has 3 aliphatic heterocycles. The van der Waals surface area contributed by atoms with Crippen LogP contribution in [0.25, 0.3) is 0 Å². The molecule has 3 heterocycles. The second-order valence-electron chi connectivity index (χ2n) is 9.41. The Bertz CT molecular complexity index is 863. The van der Waals surface area contributed by atoms with Crippen LogP contribution in [-0.4, -0.2) is 70.7 Å². The maximum atomic E-state index is 13.5. The fourth-order valence-corrected chi connectivity index (χ4v) is 5.52. The number of nitrogens with two attached hydrogens (primary N) is 1. The van der Waals surface area contributed by atoms with Crippen LogP contribution in [0.15, 0.2) is 24.3 Å². The number of benzene rings is 1. The lowest BCUT2D eigenvalue weighted by Crippen LogP contribution is -2.64. The molecule has 1 aromatic rings. The van der Waals surface area contributed by atoms with Gasteiger partial charge in [-0.1, -0.05) is 18.6 Å². The van der Waals surface area contributed by atoms with Crippen LogP contribution in [0.1, 0.15) is 50.5 Å². The molecule has 2 N–H and O–H groups in total. The van der Waals surface area contributed by atoms with Gasteiger partial charge in [0.1, 0.15) is 11.4 Å². The van der Waals surface area contributed by atoms with E-state index in [1.165, 1.54) is 18.6 Å². The van der Waals surface area contributed by atoms with Crippen molar-refractivity contribution in [3.05, 3.63) is 35.6 Å². The minimum absolute atomic E-state index is 0.00482. The first kappa shape index (κ1) is 22.7. The van der Waals surface area contributed by atoms with Gasteiger partial charge in [0.05, 0.1) is 5.92 Å². The molecular weight excluding hydrogens is 411 g/mol. The fourth-order valence-electron chi connectivity index (χ4n) is 5.52. The highest BCUT2D eigenvalue weighted by Gasteiger charge is 2.46. The van der Waals surface area contributed by atoms with Gasteiger partial charge in [0, 0.05) is 32.6 Å². The third kappa shape index (κ3) is 4.65. The standard InChI is InChI=1S/C24H33FN4O3/c25-20-6-4-5-18(15-20)16-28-17-19(7-8-21(28)30)22(31)27-13-9-24(10-14-27,23(26)32)29-11-2-1-3-12-29/h4-6,15,19H,1-3,7-14,16-17H2,(H2,26,32)/t19-/m1/s1. The zero-order valence-corrected chi connectivity index (χ0v) is 18.6. The van der Waals surface area contributed by atoms with Crippen LogP contribution in [0.4, 0.5) is 4.39 Å². The summed E-state index contributed by atoms with van der Waals surface area (Å²) in [5, 5.41) is 0. The highest BCUT2D eigenvalue weighted by molar-refractivity contribution is 5.86. The summed E-state index contributed by atoms with van der Waals surface area (Å²) in [6, 6.07) is 6.22. The molecule has 32 heavy (non-hydrogen) atoms. The molecule has 0 unspecified atom stereocenters. The Morgan fingerprint density at radius 3 is 2.47 bits per heavy atom. The Kier molecular flexibility index (Phi) is 6.79. The number of primary amides is 1. The molecule has 8 heteroatoms. The number of piperidine rings is 3. The van der Waals surface area contributed by atoms with Gasteiger partial charge in [-0.25, -0.2) is 4.39 Å². The van der Waals surface area contributed by atoms with Gasteiger partial charge in [-0.05, 0) is 62.9 Å². The van der Waals surface area contributed by atoms with Crippen molar-refractivity contribution in [1.29, 1.82) is 0 Å². The van der Waals surface area contributed by atoms with Gasteiger partial charge in [0.15, 0.2) is 0 Å². The Balaban J connectivity index is 1.38. The van der Waals surface area contributed by atoms with Crippen molar-refractivity contribution in [3.8, 4) is 0 Å². The van der Waals surface area contributed by atoms with Gasteiger partial charge in [-0.15, -0.1) is 0 Å². The van der Waals surface area contributed by atoms with Crippen LogP contribution in [-0.2, 0) is 20.9 Å². The Labute approximate surface area is 188 Å². The molecule has 1 atom stereocenters. The minimum Gasteiger partial charge on any atom is -0.368 e. The SMILES string of the molecule is NC(=O)C1(N2CCCCC2)CCN(C(=O)[C@@H]2CCC(=O)N(Cc3cccc(F)c3)C2)CC1. The quantitative estimate of drug-likeness (QED) is 0.752. The minimum atomic E-state index is -0.650. The second-order valence-corrected chi connectivity index (χ2v) is 9.41. The van der Waals surface area contributed by atoms with E-state index in [1.54, 1.807) is 17.0 Å². The molecule has 3 aliphatic rings. The molecule has 0 spiro atoms. The van der Waals surface area contributed by atoms with Gasteiger partial charge in [0.2, 0.25) is 17.7 Å². The highest BCUT2D eigenvalue weighted by Crippen LogP contribution is 2.33. The number of nitrogens with zero attached hydrogens (tertiary/aromatic N) is 3. The second kappa shape index (κ2) is 9.57. The summed E-state index contributed by atoms with van der Waals surface area (Å²) in [7, 11) is 0. The van der Waals surface area contributed by atoms with E-state index >= 15 is 0 Å². The van der Waals surface area contributed by atoms with E-state index < -0.39 is 5.54 Å². The molecule has 3 amide bonds. The monoisotopic (exact) mass is 444 g/mol. The van der Waals surface area contributed by atoms with E-state index in [2.05, 4.69) is 4.90 Å². The maximum absolute atomic E-state index is 13.5. The summed E-state index contributed by atoms with van der Waals surface area (Å²) in [6.45, 7) is 3.43. The van der Waals surface area contributed by atoms with Crippen LogP contribution in [0.5, 0.6) is 0 Å². The van der Waals surface area contributed by atoms with Crippen LogP contribution in [0.2, 0.25) is 0 Å². The van der Waals surface area contributed by atoms with Crippen molar-refractivity contribution in [2.75, 3.05) is 32.7 Å². The van der Waals surface area contributed by atoms with Gasteiger partial charge in [-0.2, -0.15) is 0 Å². The Hall–Kier alpha value is -2.48. The lowest BCUT2D eigenvalue weighted by atomic mass is 9.82. The largest absolute Gasteiger partial charge is 0.368 e. The predicted molar refractivity (Wildman–Crippen MR) is 118 cm³/mol. The van der Waals surface area contributed by atoms with Gasteiger partial charge in [-0.3, -0.25) is 19.3 Å². The molecule has 7 nitrogen and oxygen atoms in total. The zero-order valence-electron chi connectivity index (χ0n) is 18.6. The first-order valence-corrected chi connectivity index (χ1v) is 11.7. The lowest BCUT2D eigenvalue weighted by Gasteiger charge is -2.48. The van der Waals surface area contributed by atoms with Crippen LogP contribution in [0, 0.1) is 11.7 Å². The number of hydrogen-bond donors (Lipinski definition) is 1. The van der Waals surface area contributed by atoms with Crippen molar-refractivity contribution in [2.24, 2.45) is 11.7 Å². The maximum Gasteiger partial charge on any atom is 0.238 e. The zero-order chi connectivity index (χ0) is 22.7. The average molecular weight is 445 g/mol. The number of carbonyl (C=O) groups is 3. The fraction of sp³-hybridized carbons (Fsp3) is 0.625. The average Bonchev–Trinajstić information content (AvgIpc) is 2.80. The smallest absolute Gasteiger partial charge is 0.238 e. The molecule has 0 bridgehead atoms. The summed E-state index contributed by atoms with van der Waals surface area (Å²) < 4.78 is 13.5. The number of carbonyl (C=O) groups excluding carboxylic acids is 3. The van der Waals surface area contributed by atoms with Crippen molar-refractivity contribution < 1.29 is 18.8 Å². The van der Waals surface area contributed by atoms with Crippen LogP contribution in [0.3, 0.4) is 0 Å². The molecule has 3 saturated heterocycles. The highest BCUT2D eigenvalue weighted by atomic mass is 19.1. The molecule has 1 aromatic carbocycles. The van der Waals surface area contributed by atoms with E-state index in [4.69, 9.17) is 5.73 Å². The summed E-state index contributed by atoms with van der Waals surface area (Å²) in [6.07, 6.45) is 5.31. The van der Waals surface area contributed by atoms with E-state index in [9.17, 15) is 18.8 Å². The summed E-state index contributed by atoms with van der Waals surface area (Å²) in [4.78, 5) is 43.9.